The monoisotopic (exact) mass is 358 g/mol. The van der Waals surface area contributed by atoms with Gasteiger partial charge in [-0.15, -0.1) is 0 Å². The van der Waals surface area contributed by atoms with Crippen LogP contribution in [0.15, 0.2) is 22.7 Å². The van der Waals surface area contributed by atoms with E-state index in [-0.39, 0.29) is 21.6 Å². The number of halogens is 1. The second-order valence-corrected chi connectivity index (χ2v) is 5.77. The van der Waals surface area contributed by atoms with Gasteiger partial charge in [0, 0.05) is 16.6 Å². The molecule has 1 atom stereocenters. The van der Waals surface area contributed by atoms with Gasteiger partial charge in [0.25, 0.3) is 11.6 Å². The fourth-order valence-electron chi connectivity index (χ4n) is 1.73. The Labute approximate surface area is 129 Å². The first kappa shape index (κ1) is 17.1. The fourth-order valence-corrected chi connectivity index (χ4v) is 2.28. The zero-order valence-corrected chi connectivity index (χ0v) is 13.1. The largest absolute Gasteiger partial charge is 0.480 e. The Kier molecular flexibility index (Phi) is 5.83. The number of hydrogen-bond donors (Lipinski definition) is 2. The number of nitrogens with one attached hydrogen (secondary N) is 1. The minimum Gasteiger partial charge on any atom is -0.480 e. The molecule has 0 saturated heterocycles. The van der Waals surface area contributed by atoms with E-state index in [0.29, 0.717) is 6.42 Å². The number of aliphatic carboxylic acids is 1. The van der Waals surface area contributed by atoms with Crippen LogP contribution in [0.4, 0.5) is 5.69 Å². The summed E-state index contributed by atoms with van der Waals surface area (Å²) in [6.45, 7) is 3.70. The Hall–Kier alpha value is -1.96. The van der Waals surface area contributed by atoms with Crippen LogP contribution in [0.5, 0.6) is 0 Å². The molecule has 0 heterocycles. The molecule has 0 aromatic heterocycles. The minimum atomic E-state index is -1.12. The van der Waals surface area contributed by atoms with Crippen LogP contribution >= 0.6 is 15.9 Å². The van der Waals surface area contributed by atoms with Gasteiger partial charge < -0.3 is 10.4 Å². The molecular weight excluding hydrogens is 344 g/mol. The normalized spacial score (nSPS) is 12.0. The van der Waals surface area contributed by atoms with E-state index in [4.69, 9.17) is 5.11 Å². The molecule has 0 aliphatic rings. The predicted octanol–water partition coefficient (Wildman–Crippen LogP) is 2.59. The smallest absolute Gasteiger partial charge is 0.326 e. The number of non-ortho nitro benzene ring substituents is 1. The minimum absolute atomic E-state index is 0.103. The third-order valence-corrected chi connectivity index (χ3v) is 3.37. The molecule has 0 radical (unpaired) electrons. The first-order valence-electron chi connectivity index (χ1n) is 6.20. The van der Waals surface area contributed by atoms with Crippen molar-refractivity contribution in [2.24, 2.45) is 5.92 Å². The average Bonchev–Trinajstić information content (AvgIpc) is 2.36. The zero-order valence-electron chi connectivity index (χ0n) is 11.5. The maximum Gasteiger partial charge on any atom is 0.326 e. The molecular formula is C13H15BrN2O5. The highest BCUT2D eigenvalue weighted by Crippen LogP contribution is 2.23. The third-order valence-electron chi connectivity index (χ3n) is 2.72. The SMILES string of the molecule is CC(C)C[C@H](NC(=O)c1ccc([N+](=O)[O-])cc1Br)C(=O)O. The molecule has 2 N–H and O–H groups in total. The third kappa shape index (κ3) is 4.82. The molecule has 7 nitrogen and oxygen atoms in total. The summed E-state index contributed by atoms with van der Waals surface area (Å²) in [4.78, 5) is 33.2. The molecule has 1 aromatic carbocycles. The van der Waals surface area contributed by atoms with Crippen molar-refractivity contribution in [1.82, 2.24) is 5.32 Å². The summed E-state index contributed by atoms with van der Waals surface area (Å²) in [7, 11) is 0. The second kappa shape index (κ2) is 7.16. The fraction of sp³-hybridized carbons (Fsp3) is 0.385. The van der Waals surface area contributed by atoms with E-state index in [2.05, 4.69) is 21.2 Å². The van der Waals surface area contributed by atoms with Crippen LogP contribution in [-0.2, 0) is 4.79 Å². The highest BCUT2D eigenvalue weighted by atomic mass is 79.9. The van der Waals surface area contributed by atoms with Crippen molar-refractivity contribution in [1.29, 1.82) is 0 Å². The summed E-state index contributed by atoms with van der Waals surface area (Å²) >= 11 is 3.08. The molecule has 114 valence electrons. The Morgan fingerprint density at radius 1 is 1.43 bits per heavy atom. The summed E-state index contributed by atoms with van der Waals surface area (Å²) < 4.78 is 0.239. The van der Waals surface area contributed by atoms with Crippen LogP contribution in [0.1, 0.15) is 30.6 Å². The highest BCUT2D eigenvalue weighted by Gasteiger charge is 2.23. The van der Waals surface area contributed by atoms with Crippen LogP contribution in [0.2, 0.25) is 0 Å². The molecule has 0 spiro atoms. The molecule has 1 rings (SSSR count). The van der Waals surface area contributed by atoms with Gasteiger partial charge in [-0.1, -0.05) is 13.8 Å². The van der Waals surface area contributed by atoms with Gasteiger partial charge in [-0.2, -0.15) is 0 Å². The number of nitrogens with zero attached hydrogens (tertiary/aromatic N) is 1. The van der Waals surface area contributed by atoms with Crippen molar-refractivity contribution in [2.75, 3.05) is 0 Å². The second-order valence-electron chi connectivity index (χ2n) is 4.92. The molecule has 0 aliphatic carbocycles. The number of carboxylic acids is 1. The summed E-state index contributed by atoms with van der Waals surface area (Å²) in [6, 6.07) is 2.68. The summed E-state index contributed by atoms with van der Waals surface area (Å²) in [6.07, 6.45) is 0.297. The molecule has 0 aliphatic heterocycles. The van der Waals surface area contributed by atoms with Crippen molar-refractivity contribution >= 4 is 33.5 Å². The van der Waals surface area contributed by atoms with Gasteiger partial charge in [-0.05, 0) is 34.3 Å². The van der Waals surface area contributed by atoms with Crippen molar-refractivity contribution in [3.8, 4) is 0 Å². The number of carbonyl (C=O) groups excluding carboxylic acids is 1. The van der Waals surface area contributed by atoms with Gasteiger partial charge >= 0.3 is 5.97 Å². The van der Waals surface area contributed by atoms with E-state index in [1.807, 2.05) is 13.8 Å². The van der Waals surface area contributed by atoms with Gasteiger partial charge in [0.05, 0.1) is 10.5 Å². The van der Waals surface area contributed by atoms with E-state index in [0.717, 1.165) is 0 Å². The van der Waals surface area contributed by atoms with E-state index in [1.54, 1.807) is 0 Å². The van der Waals surface area contributed by atoms with Gasteiger partial charge in [0.2, 0.25) is 0 Å². The Morgan fingerprint density at radius 2 is 2.05 bits per heavy atom. The first-order valence-corrected chi connectivity index (χ1v) is 6.99. The number of hydrogen-bond acceptors (Lipinski definition) is 4. The number of rotatable bonds is 6. The number of nitro benzene ring substituents is 1. The maximum absolute atomic E-state index is 12.1. The van der Waals surface area contributed by atoms with E-state index >= 15 is 0 Å². The van der Waals surface area contributed by atoms with Crippen molar-refractivity contribution in [3.05, 3.63) is 38.3 Å². The molecule has 21 heavy (non-hydrogen) atoms. The molecule has 0 fully saturated rings. The van der Waals surface area contributed by atoms with Gasteiger partial charge in [0.1, 0.15) is 6.04 Å². The number of benzene rings is 1. The lowest BCUT2D eigenvalue weighted by Crippen LogP contribution is -2.41. The summed E-state index contributed by atoms with van der Waals surface area (Å²) in [5.74, 6) is -1.60. The lowest BCUT2D eigenvalue weighted by atomic mass is 10.0. The standard InChI is InChI=1S/C13H15BrN2O5/c1-7(2)5-11(13(18)19)15-12(17)9-4-3-8(16(20)21)6-10(9)14/h3-4,6-7,11H,5H2,1-2H3,(H,15,17)(H,18,19)/t11-/m0/s1. The number of carbonyl (C=O) groups is 2. The molecule has 0 saturated carbocycles. The van der Waals surface area contributed by atoms with Gasteiger partial charge in [0.15, 0.2) is 0 Å². The van der Waals surface area contributed by atoms with Crippen LogP contribution in [0.25, 0.3) is 0 Å². The van der Waals surface area contributed by atoms with E-state index in [1.165, 1.54) is 18.2 Å². The van der Waals surface area contributed by atoms with E-state index < -0.39 is 22.8 Å². The van der Waals surface area contributed by atoms with Crippen LogP contribution in [0.3, 0.4) is 0 Å². The van der Waals surface area contributed by atoms with Gasteiger partial charge in [-0.25, -0.2) is 4.79 Å². The molecule has 1 aromatic rings. The van der Waals surface area contributed by atoms with Crippen LogP contribution < -0.4 is 5.32 Å². The summed E-state index contributed by atoms with van der Waals surface area (Å²) in [5.41, 5.74) is -0.00834. The lowest BCUT2D eigenvalue weighted by Gasteiger charge is -2.16. The van der Waals surface area contributed by atoms with Crippen molar-refractivity contribution < 1.29 is 19.6 Å². The maximum atomic E-state index is 12.1. The Morgan fingerprint density at radius 3 is 2.48 bits per heavy atom. The topological polar surface area (TPSA) is 110 Å². The predicted molar refractivity (Wildman–Crippen MR) is 79.1 cm³/mol. The highest BCUT2D eigenvalue weighted by molar-refractivity contribution is 9.10. The lowest BCUT2D eigenvalue weighted by molar-refractivity contribution is -0.384. The quantitative estimate of drug-likeness (QED) is 0.599. The summed E-state index contributed by atoms with van der Waals surface area (Å²) in [5, 5.41) is 22.1. The van der Waals surface area contributed by atoms with Crippen molar-refractivity contribution in [3.63, 3.8) is 0 Å². The molecule has 0 bridgehead atoms. The first-order chi connectivity index (χ1) is 9.72. The molecule has 8 heteroatoms. The van der Waals surface area contributed by atoms with E-state index in [9.17, 15) is 19.7 Å². The Bertz CT molecular complexity index is 574. The molecule has 1 amide bonds. The van der Waals surface area contributed by atoms with Crippen LogP contribution in [-0.4, -0.2) is 27.9 Å². The average molecular weight is 359 g/mol. The number of nitro groups is 1. The number of carboxylic acid groups (broad SMARTS) is 1. The number of amides is 1. The van der Waals surface area contributed by atoms with Crippen LogP contribution in [0, 0.1) is 16.0 Å². The zero-order chi connectivity index (χ0) is 16.2. The van der Waals surface area contributed by atoms with Gasteiger partial charge in [-0.3, -0.25) is 14.9 Å². The van der Waals surface area contributed by atoms with Crippen molar-refractivity contribution in [2.45, 2.75) is 26.3 Å². The Balaban J connectivity index is 2.92. The molecule has 0 unspecified atom stereocenters.